The Morgan fingerprint density at radius 1 is 1.14 bits per heavy atom. The molecule has 0 heterocycles. The SMILES string of the molecule is CCNc1cc(Nc2cc(F)cc(Cl)c2)cc([N+](=O)[O-])c1. The molecule has 2 rings (SSSR count). The van der Waals surface area contributed by atoms with Gasteiger partial charge in [0.2, 0.25) is 0 Å². The molecule has 0 aliphatic rings. The molecule has 0 aliphatic carbocycles. The number of non-ortho nitro benzene ring substituents is 1. The van der Waals surface area contributed by atoms with E-state index in [1.54, 1.807) is 6.07 Å². The molecule has 0 aliphatic heterocycles. The summed E-state index contributed by atoms with van der Waals surface area (Å²) in [6, 6.07) is 8.50. The van der Waals surface area contributed by atoms with Crippen molar-refractivity contribution in [1.82, 2.24) is 0 Å². The molecular formula is C14H13ClFN3O2. The summed E-state index contributed by atoms with van der Waals surface area (Å²) in [6.45, 7) is 2.52. The normalized spacial score (nSPS) is 10.2. The second-order valence-electron chi connectivity index (χ2n) is 4.34. The van der Waals surface area contributed by atoms with Gasteiger partial charge in [-0.2, -0.15) is 0 Å². The van der Waals surface area contributed by atoms with E-state index in [0.29, 0.717) is 23.6 Å². The first-order valence-electron chi connectivity index (χ1n) is 6.24. The molecule has 7 heteroatoms. The zero-order valence-electron chi connectivity index (χ0n) is 11.2. The number of rotatable bonds is 5. The molecular weight excluding hydrogens is 297 g/mol. The maximum absolute atomic E-state index is 13.3. The highest BCUT2D eigenvalue weighted by atomic mass is 35.5. The number of nitro groups is 1. The van der Waals surface area contributed by atoms with Gasteiger partial charge in [0.15, 0.2) is 0 Å². The van der Waals surface area contributed by atoms with E-state index in [4.69, 9.17) is 11.6 Å². The molecule has 21 heavy (non-hydrogen) atoms. The van der Waals surface area contributed by atoms with Crippen LogP contribution in [-0.2, 0) is 0 Å². The predicted octanol–water partition coefficient (Wildman–Crippen LogP) is 4.56. The van der Waals surface area contributed by atoms with E-state index in [-0.39, 0.29) is 10.7 Å². The fourth-order valence-electron chi connectivity index (χ4n) is 1.89. The third kappa shape index (κ3) is 4.06. The smallest absolute Gasteiger partial charge is 0.273 e. The van der Waals surface area contributed by atoms with Crippen molar-refractivity contribution >= 4 is 34.4 Å². The van der Waals surface area contributed by atoms with Gasteiger partial charge in [0.05, 0.1) is 4.92 Å². The van der Waals surface area contributed by atoms with Gasteiger partial charge >= 0.3 is 0 Å². The topological polar surface area (TPSA) is 67.2 Å². The van der Waals surface area contributed by atoms with E-state index >= 15 is 0 Å². The van der Waals surface area contributed by atoms with E-state index in [1.165, 1.54) is 30.3 Å². The molecule has 5 nitrogen and oxygen atoms in total. The number of hydrogen-bond acceptors (Lipinski definition) is 4. The molecule has 0 unspecified atom stereocenters. The number of nitro benzene ring substituents is 1. The summed E-state index contributed by atoms with van der Waals surface area (Å²) in [5.74, 6) is -0.484. The second kappa shape index (κ2) is 6.41. The Kier molecular flexibility index (Phi) is 4.59. The molecule has 0 spiro atoms. The lowest BCUT2D eigenvalue weighted by molar-refractivity contribution is -0.384. The van der Waals surface area contributed by atoms with E-state index < -0.39 is 10.7 Å². The zero-order chi connectivity index (χ0) is 15.4. The zero-order valence-corrected chi connectivity index (χ0v) is 11.9. The third-order valence-electron chi connectivity index (χ3n) is 2.66. The van der Waals surface area contributed by atoms with Crippen molar-refractivity contribution in [3.8, 4) is 0 Å². The Morgan fingerprint density at radius 2 is 1.81 bits per heavy atom. The molecule has 0 radical (unpaired) electrons. The Morgan fingerprint density at radius 3 is 2.43 bits per heavy atom. The van der Waals surface area contributed by atoms with Crippen molar-refractivity contribution in [2.75, 3.05) is 17.2 Å². The van der Waals surface area contributed by atoms with E-state index in [9.17, 15) is 14.5 Å². The van der Waals surface area contributed by atoms with Crippen molar-refractivity contribution in [1.29, 1.82) is 0 Å². The summed E-state index contributed by atoms with van der Waals surface area (Å²) in [5.41, 5.74) is 1.44. The molecule has 0 saturated heterocycles. The van der Waals surface area contributed by atoms with Crippen molar-refractivity contribution in [3.63, 3.8) is 0 Å². The van der Waals surface area contributed by atoms with E-state index in [1.807, 2.05) is 6.92 Å². The van der Waals surface area contributed by atoms with Gasteiger partial charge in [-0.25, -0.2) is 4.39 Å². The fraction of sp³-hybridized carbons (Fsp3) is 0.143. The highest BCUT2D eigenvalue weighted by molar-refractivity contribution is 6.30. The molecule has 0 saturated carbocycles. The summed E-state index contributed by atoms with van der Waals surface area (Å²) >= 11 is 5.78. The first-order chi connectivity index (χ1) is 9.97. The van der Waals surface area contributed by atoms with Crippen LogP contribution in [0.4, 0.5) is 27.1 Å². The minimum absolute atomic E-state index is 0.0570. The van der Waals surface area contributed by atoms with Crippen molar-refractivity contribution in [2.45, 2.75) is 6.92 Å². The molecule has 0 amide bonds. The first kappa shape index (κ1) is 15.1. The van der Waals surface area contributed by atoms with Gasteiger partial charge in [0, 0.05) is 40.8 Å². The van der Waals surface area contributed by atoms with Gasteiger partial charge < -0.3 is 10.6 Å². The van der Waals surface area contributed by atoms with Crippen LogP contribution in [-0.4, -0.2) is 11.5 Å². The Bertz CT molecular complexity index is 659. The number of hydrogen-bond donors (Lipinski definition) is 2. The number of nitrogens with zero attached hydrogens (tertiary/aromatic N) is 1. The van der Waals surface area contributed by atoms with Crippen LogP contribution in [0.3, 0.4) is 0 Å². The minimum atomic E-state index is -0.484. The fourth-order valence-corrected chi connectivity index (χ4v) is 2.11. The maximum atomic E-state index is 13.3. The van der Waals surface area contributed by atoms with Crippen molar-refractivity contribution in [2.24, 2.45) is 0 Å². The highest BCUT2D eigenvalue weighted by Gasteiger charge is 2.10. The van der Waals surface area contributed by atoms with Crippen LogP contribution < -0.4 is 10.6 Å². The molecule has 2 aromatic rings. The largest absolute Gasteiger partial charge is 0.385 e. The molecule has 0 fully saturated rings. The van der Waals surface area contributed by atoms with Crippen LogP contribution in [0.2, 0.25) is 5.02 Å². The molecule has 0 bridgehead atoms. The van der Waals surface area contributed by atoms with Crippen molar-refractivity contribution < 1.29 is 9.31 Å². The van der Waals surface area contributed by atoms with Gasteiger partial charge in [-0.05, 0) is 31.2 Å². The van der Waals surface area contributed by atoms with Gasteiger partial charge in [0.1, 0.15) is 5.82 Å². The highest BCUT2D eigenvalue weighted by Crippen LogP contribution is 2.28. The molecule has 0 aromatic heterocycles. The van der Waals surface area contributed by atoms with E-state index in [0.717, 1.165) is 0 Å². The van der Waals surface area contributed by atoms with Crippen LogP contribution in [0, 0.1) is 15.9 Å². The molecule has 2 aromatic carbocycles. The summed E-state index contributed by atoms with van der Waals surface area (Å²) in [6.07, 6.45) is 0. The summed E-state index contributed by atoms with van der Waals surface area (Å²) in [5, 5.41) is 17.1. The average Bonchev–Trinajstić information content (AvgIpc) is 2.37. The lowest BCUT2D eigenvalue weighted by Gasteiger charge is -2.10. The maximum Gasteiger partial charge on any atom is 0.273 e. The Balaban J connectivity index is 2.35. The van der Waals surface area contributed by atoms with Crippen LogP contribution in [0.1, 0.15) is 6.92 Å². The average molecular weight is 310 g/mol. The third-order valence-corrected chi connectivity index (χ3v) is 2.88. The standard InChI is InChI=1S/C14H13ClFN3O2/c1-2-17-11-6-13(8-14(7-11)19(20)21)18-12-4-9(15)3-10(16)5-12/h3-8,17-18H,2H2,1H3. The quantitative estimate of drug-likeness (QED) is 0.627. The first-order valence-corrected chi connectivity index (χ1v) is 6.62. The Labute approximate surface area is 125 Å². The number of nitrogens with one attached hydrogen (secondary N) is 2. The second-order valence-corrected chi connectivity index (χ2v) is 4.78. The molecule has 2 N–H and O–H groups in total. The van der Waals surface area contributed by atoms with Crippen LogP contribution in [0.5, 0.6) is 0 Å². The lowest BCUT2D eigenvalue weighted by Crippen LogP contribution is -2.00. The van der Waals surface area contributed by atoms with Gasteiger partial charge in [-0.15, -0.1) is 0 Å². The summed E-state index contributed by atoms with van der Waals surface area (Å²) in [7, 11) is 0. The van der Waals surface area contributed by atoms with Gasteiger partial charge in [-0.3, -0.25) is 10.1 Å². The monoisotopic (exact) mass is 309 g/mol. The molecule has 110 valence electrons. The number of benzene rings is 2. The van der Waals surface area contributed by atoms with Crippen molar-refractivity contribution in [3.05, 3.63) is 57.4 Å². The van der Waals surface area contributed by atoms with Crippen LogP contribution >= 0.6 is 11.6 Å². The summed E-state index contributed by atoms with van der Waals surface area (Å²) in [4.78, 5) is 10.5. The minimum Gasteiger partial charge on any atom is -0.385 e. The molecule has 0 atom stereocenters. The van der Waals surface area contributed by atoms with Gasteiger partial charge in [-0.1, -0.05) is 11.6 Å². The van der Waals surface area contributed by atoms with Crippen LogP contribution in [0.15, 0.2) is 36.4 Å². The number of halogens is 2. The van der Waals surface area contributed by atoms with Crippen LogP contribution in [0.25, 0.3) is 0 Å². The predicted molar refractivity (Wildman–Crippen MR) is 82.0 cm³/mol. The van der Waals surface area contributed by atoms with E-state index in [2.05, 4.69) is 10.6 Å². The lowest BCUT2D eigenvalue weighted by atomic mass is 10.2. The Hall–Kier alpha value is -2.34. The van der Waals surface area contributed by atoms with Gasteiger partial charge in [0.25, 0.3) is 5.69 Å². The summed E-state index contributed by atoms with van der Waals surface area (Å²) < 4.78 is 13.3. The number of anilines is 3.